The number of halogens is 1. The number of nitrogens with one attached hydrogen (secondary N) is 1. The molecule has 0 amide bonds. The molecule has 62 valence electrons. The Morgan fingerprint density at radius 3 is 2.40 bits per heavy atom. The summed E-state index contributed by atoms with van der Waals surface area (Å²) in [7, 11) is 2.18. The van der Waals surface area contributed by atoms with E-state index in [2.05, 4.69) is 31.1 Å². The van der Waals surface area contributed by atoms with Gasteiger partial charge in [0.2, 0.25) is 0 Å². The molecular formula is C7H17ClN2. The van der Waals surface area contributed by atoms with Crippen LogP contribution in [0.25, 0.3) is 0 Å². The van der Waals surface area contributed by atoms with Gasteiger partial charge in [-0.1, -0.05) is 0 Å². The molecule has 0 radical (unpaired) electrons. The highest BCUT2D eigenvalue weighted by molar-refractivity contribution is 5.85. The van der Waals surface area contributed by atoms with Crippen molar-refractivity contribution in [3.05, 3.63) is 0 Å². The molecular weight excluding hydrogens is 148 g/mol. The second-order valence-electron chi connectivity index (χ2n) is 3.10. The molecule has 2 nitrogen and oxygen atoms in total. The van der Waals surface area contributed by atoms with Gasteiger partial charge in [-0.15, -0.1) is 12.4 Å². The highest BCUT2D eigenvalue weighted by Crippen LogP contribution is 2.01. The van der Waals surface area contributed by atoms with Crippen LogP contribution in [-0.4, -0.2) is 37.1 Å². The van der Waals surface area contributed by atoms with Gasteiger partial charge in [0.15, 0.2) is 0 Å². The molecule has 10 heavy (non-hydrogen) atoms. The van der Waals surface area contributed by atoms with E-state index in [1.165, 1.54) is 6.54 Å². The summed E-state index contributed by atoms with van der Waals surface area (Å²) in [6, 6.07) is 1.38. The first-order chi connectivity index (χ1) is 4.20. The Morgan fingerprint density at radius 2 is 2.00 bits per heavy atom. The molecule has 0 aliphatic carbocycles. The van der Waals surface area contributed by atoms with Gasteiger partial charge in [0.25, 0.3) is 0 Å². The van der Waals surface area contributed by atoms with Crippen LogP contribution < -0.4 is 5.32 Å². The van der Waals surface area contributed by atoms with Gasteiger partial charge in [0, 0.05) is 25.2 Å². The molecule has 1 rings (SSSR count). The molecule has 0 unspecified atom stereocenters. The van der Waals surface area contributed by atoms with Crippen LogP contribution in [0.1, 0.15) is 13.8 Å². The van der Waals surface area contributed by atoms with Crippen molar-refractivity contribution in [3.8, 4) is 0 Å². The van der Waals surface area contributed by atoms with Crippen LogP contribution in [0, 0.1) is 0 Å². The zero-order valence-corrected chi connectivity index (χ0v) is 7.74. The van der Waals surface area contributed by atoms with E-state index in [4.69, 9.17) is 0 Å². The molecule has 1 heterocycles. The van der Waals surface area contributed by atoms with E-state index in [9.17, 15) is 0 Å². The van der Waals surface area contributed by atoms with Crippen molar-refractivity contribution < 1.29 is 0 Å². The Hall–Kier alpha value is 0.210. The average Bonchev–Trinajstić information content (AvgIpc) is 1.80. The van der Waals surface area contributed by atoms with Crippen molar-refractivity contribution in [1.82, 2.24) is 10.2 Å². The molecule has 1 aliphatic heterocycles. The maximum absolute atomic E-state index is 3.42. The summed E-state index contributed by atoms with van der Waals surface area (Å²) in [5.74, 6) is 0. The fourth-order valence-electron chi connectivity index (χ4n) is 1.20. The molecule has 2 atom stereocenters. The van der Waals surface area contributed by atoms with Gasteiger partial charge in [0.05, 0.1) is 0 Å². The van der Waals surface area contributed by atoms with Crippen molar-refractivity contribution in [1.29, 1.82) is 0 Å². The highest BCUT2D eigenvalue weighted by atomic mass is 35.5. The van der Waals surface area contributed by atoms with Gasteiger partial charge in [-0.25, -0.2) is 0 Å². The van der Waals surface area contributed by atoms with Crippen LogP contribution >= 0.6 is 12.4 Å². The Bertz CT molecular complexity index is 97.6. The fraction of sp³-hybridized carbons (Fsp3) is 1.00. The summed E-state index contributed by atoms with van der Waals surface area (Å²) in [5, 5.41) is 3.42. The van der Waals surface area contributed by atoms with Gasteiger partial charge < -0.3 is 10.2 Å². The Kier molecular flexibility index (Phi) is 4.25. The summed E-state index contributed by atoms with van der Waals surface area (Å²) < 4.78 is 0. The minimum atomic E-state index is 0. The van der Waals surface area contributed by atoms with Crippen LogP contribution in [0.15, 0.2) is 0 Å². The first-order valence-electron chi connectivity index (χ1n) is 3.64. The molecule has 1 fully saturated rings. The minimum Gasteiger partial charge on any atom is -0.311 e. The summed E-state index contributed by atoms with van der Waals surface area (Å²) >= 11 is 0. The maximum atomic E-state index is 3.42. The topological polar surface area (TPSA) is 15.3 Å². The van der Waals surface area contributed by atoms with Crippen LogP contribution in [0.4, 0.5) is 0 Å². The fourth-order valence-corrected chi connectivity index (χ4v) is 1.20. The van der Waals surface area contributed by atoms with E-state index >= 15 is 0 Å². The van der Waals surface area contributed by atoms with Crippen LogP contribution in [-0.2, 0) is 0 Å². The number of rotatable bonds is 0. The van der Waals surface area contributed by atoms with Crippen LogP contribution in [0.5, 0.6) is 0 Å². The summed E-state index contributed by atoms with van der Waals surface area (Å²) in [6.45, 7) is 6.79. The zero-order chi connectivity index (χ0) is 6.85. The summed E-state index contributed by atoms with van der Waals surface area (Å²) in [5.41, 5.74) is 0. The molecule has 3 heteroatoms. The first-order valence-corrected chi connectivity index (χ1v) is 3.64. The quantitative estimate of drug-likeness (QED) is 0.568. The normalized spacial score (nSPS) is 35.1. The predicted molar refractivity (Wildman–Crippen MR) is 46.8 cm³/mol. The summed E-state index contributed by atoms with van der Waals surface area (Å²) in [6.07, 6.45) is 0. The van der Waals surface area contributed by atoms with Gasteiger partial charge in [-0.05, 0) is 20.9 Å². The highest BCUT2D eigenvalue weighted by Gasteiger charge is 2.17. The van der Waals surface area contributed by atoms with Crippen LogP contribution in [0.2, 0.25) is 0 Å². The van der Waals surface area contributed by atoms with Crippen molar-refractivity contribution in [2.24, 2.45) is 0 Å². The monoisotopic (exact) mass is 164 g/mol. The van der Waals surface area contributed by atoms with E-state index in [-0.39, 0.29) is 12.4 Å². The lowest BCUT2D eigenvalue weighted by Gasteiger charge is -2.34. The molecule has 0 bridgehead atoms. The third-order valence-corrected chi connectivity index (χ3v) is 2.08. The van der Waals surface area contributed by atoms with E-state index in [1.807, 2.05) is 0 Å². The van der Waals surface area contributed by atoms with Crippen molar-refractivity contribution >= 4 is 12.4 Å². The number of nitrogens with zero attached hydrogens (tertiary/aromatic N) is 1. The largest absolute Gasteiger partial charge is 0.311 e. The standard InChI is InChI=1S/C7H16N2.ClH/c1-6-5-9(3)7(2)4-8-6;/h6-8H,4-5H2,1-3H3;1H/t6-,7+;/m0./s1. The molecule has 1 saturated heterocycles. The van der Waals surface area contributed by atoms with Crippen LogP contribution in [0.3, 0.4) is 0 Å². The molecule has 0 aromatic rings. The molecule has 0 saturated carbocycles. The van der Waals surface area contributed by atoms with E-state index in [0.29, 0.717) is 12.1 Å². The number of hydrogen-bond acceptors (Lipinski definition) is 2. The molecule has 0 aromatic heterocycles. The van der Waals surface area contributed by atoms with E-state index in [1.54, 1.807) is 0 Å². The molecule has 1 aliphatic rings. The third kappa shape index (κ3) is 2.45. The summed E-state index contributed by atoms with van der Waals surface area (Å²) in [4.78, 5) is 2.39. The van der Waals surface area contributed by atoms with E-state index < -0.39 is 0 Å². The van der Waals surface area contributed by atoms with Gasteiger partial charge in [0.1, 0.15) is 0 Å². The lowest BCUT2D eigenvalue weighted by atomic mass is 10.2. The van der Waals surface area contributed by atoms with Gasteiger partial charge in [-0.2, -0.15) is 0 Å². The zero-order valence-electron chi connectivity index (χ0n) is 6.92. The smallest absolute Gasteiger partial charge is 0.0190 e. The van der Waals surface area contributed by atoms with E-state index in [0.717, 1.165) is 6.54 Å². The van der Waals surface area contributed by atoms with Crippen molar-refractivity contribution in [2.45, 2.75) is 25.9 Å². The molecule has 0 aromatic carbocycles. The number of piperazine rings is 1. The molecule has 0 spiro atoms. The van der Waals surface area contributed by atoms with Gasteiger partial charge in [-0.3, -0.25) is 0 Å². The minimum absolute atomic E-state index is 0. The Morgan fingerprint density at radius 1 is 1.40 bits per heavy atom. The van der Waals surface area contributed by atoms with Crippen molar-refractivity contribution in [3.63, 3.8) is 0 Å². The third-order valence-electron chi connectivity index (χ3n) is 2.08. The average molecular weight is 165 g/mol. The lowest BCUT2D eigenvalue weighted by molar-refractivity contribution is 0.182. The second-order valence-corrected chi connectivity index (χ2v) is 3.10. The lowest BCUT2D eigenvalue weighted by Crippen LogP contribution is -2.52. The van der Waals surface area contributed by atoms with Gasteiger partial charge >= 0.3 is 0 Å². The Labute approximate surface area is 69.4 Å². The number of likely N-dealkylation sites (N-methyl/N-ethyl adjacent to an activating group) is 1. The molecule has 1 N–H and O–H groups in total. The second kappa shape index (κ2) is 4.16. The predicted octanol–water partition coefficient (Wildman–Crippen LogP) is 0.720. The SMILES string of the molecule is C[C@@H]1CN[C@@H](C)CN1C.Cl. The maximum Gasteiger partial charge on any atom is 0.0190 e. The number of hydrogen-bond donors (Lipinski definition) is 1. The van der Waals surface area contributed by atoms with Crippen molar-refractivity contribution in [2.75, 3.05) is 20.1 Å². The Balaban J connectivity index is 0.000000810. The first kappa shape index (κ1) is 10.2.